The standard InChI is InChI=1S/C21H21N3O2S/c1-12-6-8-22-17(10-12)24-21(26)18-13(2)23-15-4-3-5-16(25)20(15)19(18)14-7-9-27-11-14/h6-11,19,23H,3-5H2,1-2H3,(H,22,24,26)/t19-/m1/s1. The van der Waals surface area contributed by atoms with Crippen molar-refractivity contribution in [3.8, 4) is 0 Å². The Morgan fingerprint density at radius 3 is 2.89 bits per heavy atom. The number of hydrogen-bond donors (Lipinski definition) is 2. The van der Waals surface area contributed by atoms with Crippen molar-refractivity contribution in [2.45, 2.75) is 39.0 Å². The zero-order chi connectivity index (χ0) is 19.0. The van der Waals surface area contributed by atoms with Gasteiger partial charge in [0, 0.05) is 41.1 Å². The van der Waals surface area contributed by atoms with Crippen LogP contribution in [0.2, 0.25) is 0 Å². The maximum absolute atomic E-state index is 13.2. The van der Waals surface area contributed by atoms with Crippen LogP contribution in [0.25, 0.3) is 0 Å². The Morgan fingerprint density at radius 2 is 2.15 bits per heavy atom. The number of dihydropyridines is 1. The summed E-state index contributed by atoms with van der Waals surface area (Å²) in [5, 5.41) is 10.2. The van der Waals surface area contributed by atoms with Gasteiger partial charge in [0.2, 0.25) is 0 Å². The Bertz CT molecular complexity index is 973. The zero-order valence-corrected chi connectivity index (χ0v) is 16.2. The molecule has 2 aromatic rings. The molecular formula is C21H21N3O2S. The van der Waals surface area contributed by atoms with Crippen LogP contribution in [0, 0.1) is 6.92 Å². The number of ketones is 1. The van der Waals surface area contributed by atoms with Crippen LogP contribution in [-0.4, -0.2) is 16.7 Å². The SMILES string of the molecule is CC1=C(C(=O)Nc2cc(C)ccn2)[C@@H](c2ccsc2)C2=C(CCCC2=O)N1. The molecule has 0 spiro atoms. The number of rotatable bonds is 3. The van der Waals surface area contributed by atoms with E-state index in [4.69, 9.17) is 0 Å². The third kappa shape index (κ3) is 3.32. The van der Waals surface area contributed by atoms with E-state index < -0.39 is 0 Å². The van der Waals surface area contributed by atoms with Crippen LogP contribution in [-0.2, 0) is 9.59 Å². The van der Waals surface area contributed by atoms with Gasteiger partial charge in [-0.3, -0.25) is 9.59 Å². The second-order valence-corrected chi connectivity index (χ2v) is 7.77. The number of carbonyl (C=O) groups excluding carboxylic acids is 2. The average Bonchev–Trinajstić information content (AvgIpc) is 3.15. The summed E-state index contributed by atoms with van der Waals surface area (Å²) < 4.78 is 0. The number of Topliss-reactive ketones (excluding diaryl/α,β-unsaturated/α-hetero) is 1. The van der Waals surface area contributed by atoms with E-state index in [1.165, 1.54) is 0 Å². The van der Waals surface area contributed by atoms with Crippen molar-refractivity contribution in [2.24, 2.45) is 0 Å². The highest BCUT2D eigenvalue weighted by atomic mass is 32.1. The summed E-state index contributed by atoms with van der Waals surface area (Å²) in [5.41, 5.74) is 5.11. The van der Waals surface area contributed by atoms with Gasteiger partial charge in [-0.2, -0.15) is 11.3 Å². The first kappa shape index (κ1) is 17.7. The fraction of sp³-hybridized carbons (Fsp3) is 0.286. The molecule has 0 radical (unpaired) electrons. The molecule has 27 heavy (non-hydrogen) atoms. The summed E-state index contributed by atoms with van der Waals surface area (Å²) in [4.78, 5) is 30.2. The number of nitrogens with one attached hydrogen (secondary N) is 2. The molecule has 2 aliphatic rings. The maximum Gasteiger partial charge on any atom is 0.255 e. The van der Waals surface area contributed by atoms with E-state index in [9.17, 15) is 9.59 Å². The molecule has 0 bridgehead atoms. The minimum absolute atomic E-state index is 0.131. The highest BCUT2D eigenvalue weighted by molar-refractivity contribution is 7.08. The second kappa shape index (κ2) is 7.12. The lowest BCUT2D eigenvalue weighted by Gasteiger charge is -2.34. The highest BCUT2D eigenvalue weighted by Crippen LogP contribution is 2.42. The Kier molecular flexibility index (Phi) is 4.66. The number of anilines is 1. The molecule has 0 saturated heterocycles. The van der Waals surface area contributed by atoms with Crippen molar-refractivity contribution in [3.05, 3.63) is 68.8 Å². The number of nitrogens with zero attached hydrogens (tertiary/aromatic N) is 1. The van der Waals surface area contributed by atoms with Gasteiger partial charge in [-0.1, -0.05) is 0 Å². The van der Waals surface area contributed by atoms with Crippen LogP contribution < -0.4 is 10.6 Å². The third-order valence-electron chi connectivity index (χ3n) is 5.05. The Morgan fingerprint density at radius 1 is 1.30 bits per heavy atom. The normalized spacial score (nSPS) is 19.6. The van der Waals surface area contributed by atoms with Crippen molar-refractivity contribution < 1.29 is 9.59 Å². The summed E-state index contributed by atoms with van der Waals surface area (Å²) >= 11 is 1.57. The Balaban J connectivity index is 1.75. The van der Waals surface area contributed by atoms with Crippen molar-refractivity contribution in [3.63, 3.8) is 0 Å². The third-order valence-corrected chi connectivity index (χ3v) is 5.76. The molecule has 1 aliphatic carbocycles. The topological polar surface area (TPSA) is 71.1 Å². The van der Waals surface area contributed by atoms with Crippen molar-refractivity contribution in [2.75, 3.05) is 5.32 Å². The molecule has 0 unspecified atom stereocenters. The number of aromatic nitrogens is 1. The summed E-state index contributed by atoms with van der Waals surface area (Å²) in [6.45, 7) is 3.86. The fourth-order valence-electron chi connectivity index (χ4n) is 3.85. The molecule has 5 nitrogen and oxygen atoms in total. The molecule has 0 saturated carbocycles. The second-order valence-electron chi connectivity index (χ2n) is 6.99. The molecule has 1 amide bonds. The smallest absolute Gasteiger partial charge is 0.255 e. The van der Waals surface area contributed by atoms with Crippen LogP contribution in [0.15, 0.2) is 57.7 Å². The van der Waals surface area contributed by atoms with Crippen LogP contribution in [0.3, 0.4) is 0 Å². The largest absolute Gasteiger partial charge is 0.362 e. The molecule has 0 aromatic carbocycles. The van der Waals surface area contributed by atoms with Gasteiger partial charge in [0.25, 0.3) is 5.91 Å². The molecule has 1 aliphatic heterocycles. The zero-order valence-electron chi connectivity index (χ0n) is 15.3. The van der Waals surface area contributed by atoms with Crippen molar-refractivity contribution >= 4 is 28.8 Å². The number of pyridine rings is 1. The van der Waals surface area contributed by atoms with E-state index in [0.29, 0.717) is 17.8 Å². The number of allylic oxidation sites excluding steroid dienone is 3. The predicted octanol–water partition coefficient (Wildman–Crippen LogP) is 4.06. The van der Waals surface area contributed by atoms with Gasteiger partial charge in [-0.25, -0.2) is 4.98 Å². The molecule has 1 atom stereocenters. The Labute approximate surface area is 162 Å². The van der Waals surface area contributed by atoms with Crippen LogP contribution >= 0.6 is 11.3 Å². The van der Waals surface area contributed by atoms with E-state index in [0.717, 1.165) is 40.9 Å². The molecule has 3 heterocycles. The lowest BCUT2D eigenvalue weighted by atomic mass is 9.75. The monoisotopic (exact) mass is 379 g/mol. The van der Waals surface area contributed by atoms with Gasteiger partial charge in [-0.05, 0) is 66.8 Å². The minimum Gasteiger partial charge on any atom is -0.362 e. The quantitative estimate of drug-likeness (QED) is 0.844. The summed E-state index contributed by atoms with van der Waals surface area (Å²) in [5.74, 6) is 0.0925. The number of amides is 1. The van der Waals surface area contributed by atoms with Crippen LogP contribution in [0.4, 0.5) is 5.82 Å². The Hall–Kier alpha value is -2.73. The van der Waals surface area contributed by atoms with Crippen molar-refractivity contribution in [1.82, 2.24) is 10.3 Å². The lowest BCUT2D eigenvalue weighted by molar-refractivity contribution is -0.116. The summed E-state index contributed by atoms with van der Waals surface area (Å²) in [7, 11) is 0. The lowest BCUT2D eigenvalue weighted by Crippen LogP contribution is -2.35. The number of thiophene rings is 1. The molecule has 2 aromatic heterocycles. The highest BCUT2D eigenvalue weighted by Gasteiger charge is 2.38. The van der Waals surface area contributed by atoms with Gasteiger partial charge < -0.3 is 10.6 Å². The van der Waals surface area contributed by atoms with Gasteiger partial charge >= 0.3 is 0 Å². The van der Waals surface area contributed by atoms with E-state index >= 15 is 0 Å². The molecular weight excluding hydrogens is 358 g/mol. The molecule has 2 N–H and O–H groups in total. The minimum atomic E-state index is -0.329. The first-order valence-corrected chi connectivity index (χ1v) is 9.99. The molecule has 138 valence electrons. The predicted molar refractivity (Wildman–Crippen MR) is 106 cm³/mol. The van der Waals surface area contributed by atoms with E-state index in [1.807, 2.05) is 42.8 Å². The van der Waals surface area contributed by atoms with E-state index in [1.54, 1.807) is 17.5 Å². The van der Waals surface area contributed by atoms with Gasteiger partial charge in [0.1, 0.15) is 5.82 Å². The first-order chi connectivity index (χ1) is 13.0. The van der Waals surface area contributed by atoms with Crippen LogP contribution in [0.5, 0.6) is 0 Å². The van der Waals surface area contributed by atoms with Crippen LogP contribution in [0.1, 0.15) is 43.2 Å². The molecule has 4 rings (SSSR count). The number of hydrogen-bond acceptors (Lipinski definition) is 5. The average molecular weight is 379 g/mol. The molecule has 0 fully saturated rings. The summed E-state index contributed by atoms with van der Waals surface area (Å²) in [6, 6.07) is 5.72. The first-order valence-electron chi connectivity index (χ1n) is 9.04. The summed E-state index contributed by atoms with van der Waals surface area (Å²) in [6.07, 6.45) is 3.90. The number of aryl methyl sites for hydroxylation is 1. The number of carbonyl (C=O) groups is 2. The fourth-order valence-corrected chi connectivity index (χ4v) is 4.53. The van der Waals surface area contributed by atoms with E-state index in [-0.39, 0.29) is 17.6 Å². The van der Waals surface area contributed by atoms with Gasteiger partial charge in [0.05, 0.1) is 0 Å². The van der Waals surface area contributed by atoms with Gasteiger partial charge in [0.15, 0.2) is 5.78 Å². The van der Waals surface area contributed by atoms with E-state index in [2.05, 4.69) is 15.6 Å². The molecule has 6 heteroatoms. The maximum atomic E-state index is 13.2. The van der Waals surface area contributed by atoms with Crippen molar-refractivity contribution in [1.29, 1.82) is 0 Å². The van der Waals surface area contributed by atoms with Gasteiger partial charge in [-0.15, -0.1) is 0 Å².